The van der Waals surface area contributed by atoms with Crippen LogP contribution in [0.2, 0.25) is 0 Å². The fourth-order valence-corrected chi connectivity index (χ4v) is 3.80. The highest BCUT2D eigenvalue weighted by molar-refractivity contribution is 7.89. The quantitative estimate of drug-likeness (QED) is 0.627. The molecule has 150 valence electrons. The van der Waals surface area contributed by atoms with Crippen molar-refractivity contribution in [3.05, 3.63) is 65.7 Å². The van der Waals surface area contributed by atoms with E-state index in [0.717, 1.165) is 5.56 Å². The Bertz CT molecular complexity index is 910. The van der Waals surface area contributed by atoms with E-state index < -0.39 is 15.9 Å². The van der Waals surface area contributed by atoms with Crippen LogP contribution in [0.5, 0.6) is 0 Å². The summed E-state index contributed by atoms with van der Waals surface area (Å²) < 4.78 is 26.7. The highest BCUT2D eigenvalue weighted by Crippen LogP contribution is 2.12. The maximum absolute atomic E-state index is 12.2. The fourth-order valence-electron chi connectivity index (χ4n) is 2.54. The van der Waals surface area contributed by atoms with Crippen LogP contribution in [-0.2, 0) is 14.8 Å². The van der Waals surface area contributed by atoms with Crippen LogP contribution >= 0.6 is 0 Å². The number of hydrogen-bond donors (Lipinski definition) is 3. The summed E-state index contributed by atoms with van der Waals surface area (Å²) >= 11 is 0. The van der Waals surface area contributed by atoms with E-state index in [0.29, 0.717) is 0 Å². The Kier molecular flexibility index (Phi) is 7.31. The molecule has 2 aromatic rings. The van der Waals surface area contributed by atoms with Gasteiger partial charge in [0.2, 0.25) is 15.9 Å². The average molecular weight is 404 g/mol. The largest absolute Gasteiger partial charge is 0.348 e. The normalized spacial score (nSPS) is 12.4. The van der Waals surface area contributed by atoms with E-state index in [9.17, 15) is 18.0 Å². The minimum absolute atomic E-state index is 0.0761. The van der Waals surface area contributed by atoms with Crippen molar-refractivity contribution in [1.29, 1.82) is 0 Å². The smallest absolute Gasteiger partial charge is 0.251 e. The van der Waals surface area contributed by atoms with Crippen LogP contribution < -0.4 is 15.4 Å². The maximum Gasteiger partial charge on any atom is 0.251 e. The van der Waals surface area contributed by atoms with Crippen LogP contribution in [0.15, 0.2) is 59.5 Å². The summed E-state index contributed by atoms with van der Waals surface area (Å²) in [4.78, 5) is 24.3. The summed E-state index contributed by atoms with van der Waals surface area (Å²) in [6.07, 6.45) is 0. The van der Waals surface area contributed by atoms with Gasteiger partial charge in [0, 0.05) is 11.6 Å². The molecule has 2 rings (SSSR count). The first-order chi connectivity index (χ1) is 13.2. The molecular weight excluding hydrogens is 378 g/mol. The van der Waals surface area contributed by atoms with Gasteiger partial charge >= 0.3 is 0 Å². The van der Waals surface area contributed by atoms with Gasteiger partial charge in [-0.25, -0.2) is 13.1 Å². The van der Waals surface area contributed by atoms with Gasteiger partial charge in [-0.05, 0) is 50.6 Å². The molecule has 0 radical (unpaired) electrons. The van der Waals surface area contributed by atoms with Crippen molar-refractivity contribution in [1.82, 2.24) is 15.4 Å². The summed E-state index contributed by atoms with van der Waals surface area (Å²) in [5, 5.41) is 5.34. The fraction of sp³-hybridized carbons (Fsp3) is 0.300. The Labute approximate surface area is 165 Å². The average Bonchev–Trinajstić information content (AvgIpc) is 2.66. The maximum atomic E-state index is 12.2. The van der Waals surface area contributed by atoms with Crippen LogP contribution in [0.1, 0.15) is 42.7 Å². The van der Waals surface area contributed by atoms with E-state index in [4.69, 9.17) is 0 Å². The van der Waals surface area contributed by atoms with Crippen LogP contribution in [-0.4, -0.2) is 32.8 Å². The zero-order valence-corrected chi connectivity index (χ0v) is 16.9. The van der Waals surface area contributed by atoms with Gasteiger partial charge in [-0.3, -0.25) is 9.59 Å². The molecule has 0 saturated carbocycles. The van der Waals surface area contributed by atoms with Crippen molar-refractivity contribution < 1.29 is 18.0 Å². The Morgan fingerprint density at radius 2 is 1.54 bits per heavy atom. The number of sulfonamides is 1. The predicted octanol–water partition coefficient (Wildman–Crippen LogP) is 1.98. The molecule has 7 nitrogen and oxygen atoms in total. The zero-order valence-electron chi connectivity index (χ0n) is 16.1. The zero-order chi connectivity index (χ0) is 20.7. The predicted molar refractivity (Wildman–Crippen MR) is 107 cm³/mol. The van der Waals surface area contributed by atoms with E-state index in [1.54, 1.807) is 13.8 Å². The molecule has 1 atom stereocenters. The molecule has 0 spiro atoms. The number of benzene rings is 2. The lowest BCUT2D eigenvalue weighted by Crippen LogP contribution is -2.38. The van der Waals surface area contributed by atoms with Gasteiger partial charge in [0.05, 0.1) is 17.5 Å². The summed E-state index contributed by atoms with van der Waals surface area (Å²) in [6, 6.07) is 14.6. The second-order valence-corrected chi connectivity index (χ2v) is 8.40. The molecule has 2 aromatic carbocycles. The Morgan fingerprint density at radius 3 is 2.11 bits per heavy atom. The van der Waals surface area contributed by atoms with Crippen molar-refractivity contribution >= 4 is 21.8 Å². The molecule has 0 unspecified atom stereocenters. The number of rotatable bonds is 8. The highest BCUT2D eigenvalue weighted by Gasteiger charge is 2.16. The first kappa shape index (κ1) is 21.6. The lowest BCUT2D eigenvalue weighted by molar-refractivity contribution is -0.120. The molecule has 0 aliphatic carbocycles. The van der Waals surface area contributed by atoms with Crippen molar-refractivity contribution in [2.75, 3.05) is 6.54 Å². The first-order valence-electron chi connectivity index (χ1n) is 8.94. The molecule has 0 saturated heterocycles. The standard InChI is InChI=1S/C20H25N3O4S/c1-14(2)23-28(26,27)18-11-9-17(10-12-18)20(25)21-13-19(24)22-15(3)16-7-5-4-6-8-16/h4-12,14-15,23H,13H2,1-3H3,(H,21,25)(H,22,24)/t15-/m0/s1. The van der Waals surface area contributed by atoms with Gasteiger partial charge in [-0.1, -0.05) is 30.3 Å². The van der Waals surface area contributed by atoms with Gasteiger partial charge in [0.15, 0.2) is 0 Å². The van der Waals surface area contributed by atoms with Crippen LogP contribution in [0.4, 0.5) is 0 Å². The molecule has 8 heteroatoms. The summed E-state index contributed by atoms with van der Waals surface area (Å²) in [5.41, 5.74) is 1.24. The number of nitrogens with one attached hydrogen (secondary N) is 3. The molecule has 0 heterocycles. The molecular formula is C20H25N3O4S. The third kappa shape index (κ3) is 6.17. The summed E-state index contributed by atoms with van der Waals surface area (Å²) in [7, 11) is -3.61. The van der Waals surface area contributed by atoms with E-state index in [-0.39, 0.29) is 35.0 Å². The monoisotopic (exact) mass is 403 g/mol. The lowest BCUT2D eigenvalue weighted by Gasteiger charge is -2.14. The Balaban J connectivity index is 1.90. The highest BCUT2D eigenvalue weighted by atomic mass is 32.2. The van der Waals surface area contributed by atoms with Crippen LogP contribution in [0, 0.1) is 0 Å². The molecule has 0 aliphatic heterocycles. The molecule has 2 amide bonds. The van der Waals surface area contributed by atoms with E-state index in [2.05, 4.69) is 15.4 Å². The van der Waals surface area contributed by atoms with Crippen molar-refractivity contribution in [3.63, 3.8) is 0 Å². The second-order valence-electron chi connectivity index (χ2n) is 6.68. The minimum atomic E-state index is -3.61. The van der Waals surface area contributed by atoms with Crippen LogP contribution in [0.25, 0.3) is 0 Å². The van der Waals surface area contributed by atoms with E-state index in [1.165, 1.54) is 24.3 Å². The molecule has 0 fully saturated rings. The van der Waals surface area contributed by atoms with Gasteiger partial charge < -0.3 is 10.6 Å². The molecule has 0 aromatic heterocycles. The van der Waals surface area contributed by atoms with Gasteiger partial charge in [-0.2, -0.15) is 0 Å². The Morgan fingerprint density at radius 1 is 0.929 bits per heavy atom. The third-order valence-corrected chi connectivity index (χ3v) is 5.58. The molecule has 3 N–H and O–H groups in total. The van der Waals surface area contributed by atoms with Crippen molar-refractivity contribution in [2.45, 2.75) is 37.8 Å². The number of carbonyl (C=O) groups excluding carboxylic acids is 2. The van der Waals surface area contributed by atoms with E-state index >= 15 is 0 Å². The van der Waals surface area contributed by atoms with Crippen molar-refractivity contribution in [2.24, 2.45) is 0 Å². The van der Waals surface area contributed by atoms with Crippen molar-refractivity contribution in [3.8, 4) is 0 Å². The van der Waals surface area contributed by atoms with E-state index in [1.807, 2.05) is 37.3 Å². The number of amides is 2. The molecule has 28 heavy (non-hydrogen) atoms. The Hall–Kier alpha value is -2.71. The van der Waals surface area contributed by atoms with Crippen LogP contribution in [0.3, 0.4) is 0 Å². The van der Waals surface area contributed by atoms with Gasteiger partial charge in [0.25, 0.3) is 5.91 Å². The SMILES string of the molecule is CC(C)NS(=O)(=O)c1ccc(C(=O)NCC(=O)N[C@@H](C)c2ccccc2)cc1. The number of hydrogen-bond acceptors (Lipinski definition) is 4. The number of carbonyl (C=O) groups is 2. The second kappa shape index (κ2) is 9.48. The van der Waals surface area contributed by atoms with Gasteiger partial charge in [-0.15, -0.1) is 0 Å². The summed E-state index contributed by atoms with van der Waals surface area (Å²) in [6.45, 7) is 5.14. The third-order valence-electron chi connectivity index (χ3n) is 3.90. The molecule has 0 bridgehead atoms. The first-order valence-corrected chi connectivity index (χ1v) is 10.4. The summed E-state index contributed by atoms with van der Waals surface area (Å²) in [5.74, 6) is -0.770. The topological polar surface area (TPSA) is 104 Å². The minimum Gasteiger partial charge on any atom is -0.348 e. The molecule has 0 aliphatic rings. The van der Waals surface area contributed by atoms with Gasteiger partial charge in [0.1, 0.15) is 0 Å². The lowest BCUT2D eigenvalue weighted by atomic mass is 10.1.